The van der Waals surface area contributed by atoms with Gasteiger partial charge in [0.15, 0.2) is 0 Å². The Balaban J connectivity index is 2.21. The van der Waals surface area contributed by atoms with Crippen LogP contribution < -0.4 is 5.73 Å². The van der Waals surface area contributed by atoms with Gasteiger partial charge in [-0.2, -0.15) is 5.10 Å². The first-order valence-corrected chi connectivity index (χ1v) is 7.07. The molecular formula is C13H22ClN3O. The second-order valence-corrected chi connectivity index (χ2v) is 5.41. The SMILES string of the molecule is COCCn1ncc(Cl)c1C1CCCCCC1N. The van der Waals surface area contributed by atoms with E-state index in [1.807, 2.05) is 4.68 Å². The van der Waals surface area contributed by atoms with E-state index in [1.54, 1.807) is 13.3 Å². The lowest BCUT2D eigenvalue weighted by molar-refractivity contribution is 0.181. The second-order valence-electron chi connectivity index (χ2n) is 5.00. The molecule has 0 saturated heterocycles. The third kappa shape index (κ3) is 3.05. The van der Waals surface area contributed by atoms with Crippen molar-refractivity contribution in [3.8, 4) is 0 Å². The summed E-state index contributed by atoms with van der Waals surface area (Å²) in [5.41, 5.74) is 7.41. The number of rotatable bonds is 4. The first kappa shape index (κ1) is 13.8. The number of hydrogen-bond acceptors (Lipinski definition) is 3. The monoisotopic (exact) mass is 271 g/mol. The molecule has 4 nitrogen and oxygen atoms in total. The lowest BCUT2D eigenvalue weighted by Crippen LogP contribution is -2.29. The minimum Gasteiger partial charge on any atom is -0.383 e. The van der Waals surface area contributed by atoms with Crippen molar-refractivity contribution in [3.63, 3.8) is 0 Å². The molecule has 1 aliphatic rings. The molecule has 2 rings (SSSR count). The zero-order chi connectivity index (χ0) is 13.0. The maximum Gasteiger partial charge on any atom is 0.0821 e. The average Bonchev–Trinajstić information content (AvgIpc) is 2.58. The molecule has 2 N–H and O–H groups in total. The van der Waals surface area contributed by atoms with Crippen molar-refractivity contribution < 1.29 is 4.74 Å². The van der Waals surface area contributed by atoms with Crippen LogP contribution in [0.3, 0.4) is 0 Å². The highest BCUT2D eigenvalue weighted by atomic mass is 35.5. The van der Waals surface area contributed by atoms with Gasteiger partial charge in [-0.05, 0) is 12.8 Å². The van der Waals surface area contributed by atoms with Crippen molar-refractivity contribution in [2.75, 3.05) is 13.7 Å². The van der Waals surface area contributed by atoms with Gasteiger partial charge < -0.3 is 10.5 Å². The van der Waals surface area contributed by atoms with Crippen LogP contribution >= 0.6 is 11.6 Å². The van der Waals surface area contributed by atoms with E-state index in [2.05, 4.69) is 5.10 Å². The van der Waals surface area contributed by atoms with Crippen molar-refractivity contribution in [2.45, 2.75) is 50.6 Å². The summed E-state index contributed by atoms with van der Waals surface area (Å²) >= 11 is 6.30. The van der Waals surface area contributed by atoms with E-state index in [-0.39, 0.29) is 6.04 Å². The fraction of sp³-hybridized carbons (Fsp3) is 0.769. The molecule has 1 saturated carbocycles. The summed E-state index contributed by atoms with van der Waals surface area (Å²) < 4.78 is 7.07. The largest absolute Gasteiger partial charge is 0.383 e. The summed E-state index contributed by atoms with van der Waals surface area (Å²) in [7, 11) is 1.70. The van der Waals surface area contributed by atoms with Gasteiger partial charge in [-0.25, -0.2) is 0 Å². The Labute approximate surface area is 113 Å². The molecule has 102 valence electrons. The molecule has 1 aromatic heterocycles. The molecule has 1 aromatic rings. The van der Waals surface area contributed by atoms with Crippen molar-refractivity contribution in [2.24, 2.45) is 5.73 Å². The van der Waals surface area contributed by atoms with Gasteiger partial charge in [0, 0.05) is 19.1 Å². The Morgan fingerprint density at radius 2 is 2.22 bits per heavy atom. The Bertz CT molecular complexity index is 380. The van der Waals surface area contributed by atoms with Crippen LogP contribution in [0.4, 0.5) is 0 Å². The van der Waals surface area contributed by atoms with E-state index in [0.29, 0.717) is 12.5 Å². The number of ether oxygens (including phenoxy) is 1. The Hall–Kier alpha value is -0.580. The predicted octanol–water partition coefficient (Wildman–Crippen LogP) is 2.56. The van der Waals surface area contributed by atoms with Crippen molar-refractivity contribution in [1.29, 1.82) is 0 Å². The lowest BCUT2D eigenvalue weighted by Gasteiger charge is -2.23. The van der Waals surface area contributed by atoms with Crippen LogP contribution in [0, 0.1) is 0 Å². The van der Waals surface area contributed by atoms with Crippen molar-refractivity contribution in [1.82, 2.24) is 9.78 Å². The molecule has 18 heavy (non-hydrogen) atoms. The van der Waals surface area contributed by atoms with Crippen LogP contribution in [-0.4, -0.2) is 29.5 Å². The number of nitrogens with zero attached hydrogens (tertiary/aromatic N) is 2. The molecule has 1 aliphatic carbocycles. The Morgan fingerprint density at radius 3 is 3.00 bits per heavy atom. The third-order valence-electron chi connectivity index (χ3n) is 3.76. The van der Waals surface area contributed by atoms with Gasteiger partial charge in [-0.15, -0.1) is 0 Å². The maximum atomic E-state index is 6.31. The normalized spacial score (nSPS) is 25.1. The summed E-state index contributed by atoms with van der Waals surface area (Å²) in [5.74, 6) is 0.333. The minimum absolute atomic E-state index is 0.197. The molecule has 0 aromatic carbocycles. The van der Waals surface area contributed by atoms with E-state index in [1.165, 1.54) is 19.3 Å². The molecule has 0 amide bonds. The summed E-state index contributed by atoms with van der Waals surface area (Å²) in [6.07, 6.45) is 7.64. The summed E-state index contributed by atoms with van der Waals surface area (Å²) in [4.78, 5) is 0. The fourth-order valence-electron chi connectivity index (χ4n) is 2.77. The van der Waals surface area contributed by atoms with Gasteiger partial charge in [0.05, 0.1) is 30.1 Å². The Kier molecular flexibility index (Phi) is 5.03. The number of nitrogens with two attached hydrogens (primary N) is 1. The quantitative estimate of drug-likeness (QED) is 0.857. The van der Waals surface area contributed by atoms with Crippen LogP contribution in [0.15, 0.2) is 6.20 Å². The van der Waals surface area contributed by atoms with Crippen LogP contribution in [-0.2, 0) is 11.3 Å². The molecule has 0 aliphatic heterocycles. The predicted molar refractivity (Wildman–Crippen MR) is 72.9 cm³/mol. The number of halogens is 1. The number of hydrogen-bond donors (Lipinski definition) is 1. The molecular weight excluding hydrogens is 250 g/mol. The van der Waals surface area contributed by atoms with Crippen LogP contribution in [0.25, 0.3) is 0 Å². The van der Waals surface area contributed by atoms with E-state index in [4.69, 9.17) is 22.1 Å². The standard InChI is InChI=1S/C13H22ClN3O/c1-18-8-7-17-13(11(14)9-16-17)10-5-3-2-4-6-12(10)15/h9-10,12H,2-8,15H2,1H3. The van der Waals surface area contributed by atoms with Crippen molar-refractivity contribution >= 4 is 11.6 Å². The molecule has 1 fully saturated rings. The van der Waals surface area contributed by atoms with Gasteiger partial charge in [-0.1, -0.05) is 30.9 Å². The Morgan fingerprint density at radius 1 is 1.44 bits per heavy atom. The third-order valence-corrected chi connectivity index (χ3v) is 4.05. The molecule has 0 bridgehead atoms. The fourth-order valence-corrected chi connectivity index (χ4v) is 3.05. The molecule has 0 radical (unpaired) electrons. The van der Waals surface area contributed by atoms with E-state index < -0.39 is 0 Å². The summed E-state index contributed by atoms with van der Waals surface area (Å²) in [5, 5.41) is 5.09. The number of methoxy groups -OCH3 is 1. The van der Waals surface area contributed by atoms with Crippen LogP contribution in [0.1, 0.15) is 43.7 Å². The van der Waals surface area contributed by atoms with Crippen LogP contribution in [0.2, 0.25) is 5.02 Å². The van der Waals surface area contributed by atoms with Gasteiger partial charge in [-0.3, -0.25) is 4.68 Å². The first-order chi connectivity index (χ1) is 8.74. The van der Waals surface area contributed by atoms with Gasteiger partial charge in [0.2, 0.25) is 0 Å². The highest BCUT2D eigenvalue weighted by Gasteiger charge is 2.27. The highest BCUT2D eigenvalue weighted by molar-refractivity contribution is 6.31. The van der Waals surface area contributed by atoms with Crippen LogP contribution in [0.5, 0.6) is 0 Å². The molecule has 2 unspecified atom stereocenters. The minimum atomic E-state index is 0.197. The smallest absolute Gasteiger partial charge is 0.0821 e. The van der Waals surface area contributed by atoms with Gasteiger partial charge in [0.25, 0.3) is 0 Å². The molecule has 5 heteroatoms. The molecule has 1 heterocycles. The molecule has 2 atom stereocenters. The van der Waals surface area contributed by atoms with E-state index in [9.17, 15) is 0 Å². The summed E-state index contributed by atoms with van der Waals surface area (Å²) in [6.45, 7) is 1.38. The zero-order valence-electron chi connectivity index (χ0n) is 10.9. The van der Waals surface area contributed by atoms with Crippen molar-refractivity contribution in [3.05, 3.63) is 16.9 Å². The summed E-state index contributed by atoms with van der Waals surface area (Å²) in [6, 6.07) is 0.197. The highest BCUT2D eigenvalue weighted by Crippen LogP contribution is 2.34. The van der Waals surface area contributed by atoms with Gasteiger partial charge in [0.1, 0.15) is 0 Å². The zero-order valence-corrected chi connectivity index (χ0v) is 11.7. The maximum absolute atomic E-state index is 6.31. The first-order valence-electron chi connectivity index (χ1n) is 6.69. The number of aromatic nitrogens is 2. The lowest BCUT2D eigenvalue weighted by atomic mass is 9.92. The molecule has 0 spiro atoms. The van der Waals surface area contributed by atoms with E-state index in [0.717, 1.165) is 30.1 Å². The average molecular weight is 272 g/mol. The van der Waals surface area contributed by atoms with Gasteiger partial charge >= 0.3 is 0 Å². The van der Waals surface area contributed by atoms with E-state index >= 15 is 0 Å². The second kappa shape index (κ2) is 6.55. The topological polar surface area (TPSA) is 53.1 Å².